The van der Waals surface area contributed by atoms with E-state index in [2.05, 4.69) is 0 Å². The van der Waals surface area contributed by atoms with E-state index in [4.69, 9.17) is 22.1 Å². The van der Waals surface area contributed by atoms with Crippen LogP contribution in [0.4, 0.5) is 0 Å². The molecule has 0 bridgehead atoms. The first-order valence-corrected chi connectivity index (χ1v) is 6.30. The van der Waals surface area contributed by atoms with Crippen molar-refractivity contribution in [1.82, 2.24) is 0 Å². The van der Waals surface area contributed by atoms with Crippen LogP contribution in [0.15, 0.2) is 23.1 Å². The number of halogens is 1. The zero-order valence-electron chi connectivity index (χ0n) is 8.23. The Kier molecular flexibility index (Phi) is 3.96. The van der Waals surface area contributed by atoms with Gasteiger partial charge >= 0.3 is 0 Å². The molecule has 1 aromatic carbocycles. The molecular weight excluding hydrogens is 238 g/mol. The lowest BCUT2D eigenvalue weighted by molar-refractivity contribution is 0.403. The van der Waals surface area contributed by atoms with E-state index in [1.54, 1.807) is 6.07 Å². The zero-order chi connectivity index (χ0) is 11.5. The van der Waals surface area contributed by atoms with Gasteiger partial charge in [0, 0.05) is 11.6 Å². The van der Waals surface area contributed by atoms with Crippen molar-refractivity contribution in [2.75, 3.05) is 19.4 Å². The molecule has 1 rings (SSSR count). The van der Waals surface area contributed by atoms with Crippen LogP contribution in [0, 0.1) is 0 Å². The summed E-state index contributed by atoms with van der Waals surface area (Å²) in [7, 11) is -2.00. The van der Waals surface area contributed by atoms with E-state index in [1.165, 1.54) is 19.2 Å². The Labute approximate surface area is 93.9 Å². The quantitative estimate of drug-likeness (QED) is 0.867. The van der Waals surface area contributed by atoms with Crippen LogP contribution in [-0.2, 0) is 9.84 Å². The van der Waals surface area contributed by atoms with Gasteiger partial charge in [-0.05, 0) is 18.2 Å². The predicted molar refractivity (Wildman–Crippen MR) is 59.1 cm³/mol. The molecule has 0 spiro atoms. The molecule has 0 saturated carbocycles. The maximum Gasteiger partial charge on any atom is 0.183 e. The van der Waals surface area contributed by atoms with Gasteiger partial charge in [0.05, 0.1) is 12.9 Å². The molecule has 0 amide bonds. The molecule has 0 saturated heterocycles. The SMILES string of the molecule is COc1ccc(Cl)cc1S(=O)(=O)CCN. The van der Waals surface area contributed by atoms with E-state index >= 15 is 0 Å². The summed E-state index contributed by atoms with van der Waals surface area (Å²) in [5.41, 5.74) is 5.23. The van der Waals surface area contributed by atoms with Gasteiger partial charge in [-0.15, -0.1) is 0 Å². The van der Waals surface area contributed by atoms with Gasteiger partial charge in [-0.3, -0.25) is 0 Å². The number of nitrogens with two attached hydrogens (primary N) is 1. The van der Waals surface area contributed by atoms with Gasteiger partial charge in [-0.25, -0.2) is 8.42 Å². The number of benzene rings is 1. The van der Waals surface area contributed by atoms with Crippen LogP contribution < -0.4 is 10.5 Å². The molecule has 0 aromatic heterocycles. The van der Waals surface area contributed by atoms with Crippen molar-refractivity contribution in [1.29, 1.82) is 0 Å². The van der Waals surface area contributed by atoms with Crippen molar-refractivity contribution in [2.45, 2.75) is 4.90 Å². The Bertz CT molecular complexity index is 445. The number of methoxy groups -OCH3 is 1. The molecule has 6 heteroatoms. The summed E-state index contributed by atoms with van der Waals surface area (Å²) in [6.45, 7) is 0.0675. The molecule has 15 heavy (non-hydrogen) atoms. The zero-order valence-corrected chi connectivity index (χ0v) is 9.81. The Morgan fingerprint density at radius 2 is 2.13 bits per heavy atom. The molecule has 0 fully saturated rings. The lowest BCUT2D eigenvalue weighted by atomic mass is 10.3. The van der Waals surface area contributed by atoms with Gasteiger partial charge in [0.15, 0.2) is 9.84 Å². The van der Waals surface area contributed by atoms with E-state index in [9.17, 15) is 8.42 Å². The molecule has 0 aliphatic heterocycles. The van der Waals surface area contributed by atoms with Gasteiger partial charge in [-0.2, -0.15) is 0 Å². The van der Waals surface area contributed by atoms with Gasteiger partial charge in [0.1, 0.15) is 10.6 Å². The van der Waals surface area contributed by atoms with Crippen LogP contribution in [-0.4, -0.2) is 27.8 Å². The number of ether oxygens (including phenoxy) is 1. The van der Waals surface area contributed by atoms with Crippen LogP contribution in [0.5, 0.6) is 5.75 Å². The predicted octanol–water partition coefficient (Wildman–Crippen LogP) is 1.08. The average molecular weight is 250 g/mol. The molecule has 0 atom stereocenters. The molecule has 1 aromatic rings. The van der Waals surface area contributed by atoms with Crippen molar-refractivity contribution >= 4 is 21.4 Å². The minimum Gasteiger partial charge on any atom is -0.495 e. The van der Waals surface area contributed by atoms with Gasteiger partial charge in [0.2, 0.25) is 0 Å². The van der Waals surface area contributed by atoms with E-state index in [0.717, 1.165) is 0 Å². The Hall–Kier alpha value is -0.780. The Balaban J connectivity index is 3.28. The lowest BCUT2D eigenvalue weighted by Gasteiger charge is -2.08. The summed E-state index contributed by atoms with van der Waals surface area (Å²) in [5, 5.41) is 0.353. The monoisotopic (exact) mass is 249 g/mol. The Morgan fingerprint density at radius 3 is 2.67 bits per heavy atom. The molecule has 0 heterocycles. The number of rotatable bonds is 4. The van der Waals surface area contributed by atoms with Gasteiger partial charge in [0.25, 0.3) is 0 Å². The molecule has 2 N–H and O–H groups in total. The second-order valence-corrected chi connectivity index (χ2v) is 5.42. The summed E-state index contributed by atoms with van der Waals surface area (Å²) in [5.74, 6) is 0.164. The summed E-state index contributed by atoms with van der Waals surface area (Å²) >= 11 is 5.73. The molecule has 0 aliphatic carbocycles. The number of hydrogen-bond donors (Lipinski definition) is 1. The lowest BCUT2D eigenvalue weighted by Crippen LogP contribution is -2.16. The Morgan fingerprint density at radius 1 is 1.47 bits per heavy atom. The van der Waals surface area contributed by atoms with E-state index in [1.807, 2.05) is 0 Å². The first-order chi connectivity index (χ1) is 7.01. The highest BCUT2D eigenvalue weighted by atomic mass is 35.5. The third-order valence-electron chi connectivity index (χ3n) is 1.85. The van der Waals surface area contributed by atoms with E-state index in [0.29, 0.717) is 5.02 Å². The van der Waals surface area contributed by atoms with Crippen LogP contribution in [0.25, 0.3) is 0 Å². The highest BCUT2D eigenvalue weighted by molar-refractivity contribution is 7.91. The smallest absolute Gasteiger partial charge is 0.183 e. The third-order valence-corrected chi connectivity index (χ3v) is 3.84. The molecule has 4 nitrogen and oxygen atoms in total. The first kappa shape index (κ1) is 12.3. The fourth-order valence-electron chi connectivity index (χ4n) is 1.16. The summed E-state index contributed by atoms with van der Waals surface area (Å²) in [6.07, 6.45) is 0. The van der Waals surface area contributed by atoms with Crippen molar-refractivity contribution < 1.29 is 13.2 Å². The topological polar surface area (TPSA) is 69.4 Å². The second kappa shape index (κ2) is 4.83. The van der Waals surface area contributed by atoms with Crippen LogP contribution >= 0.6 is 11.6 Å². The molecule has 0 aliphatic rings. The molecular formula is C9H12ClNO3S. The summed E-state index contributed by atoms with van der Waals surface area (Å²) in [6, 6.07) is 4.46. The minimum atomic E-state index is -3.41. The van der Waals surface area contributed by atoms with Crippen molar-refractivity contribution in [3.8, 4) is 5.75 Å². The average Bonchev–Trinajstić information content (AvgIpc) is 2.17. The van der Waals surface area contributed by atoms with Gasteiger partial charge < -0.3 is 10.5 Å². The normalized spacial score (nSPS) is 11.4. The van der Waals surface area contributed by atoms with Crippen LogP contribution in [0.2, 0.25) is 5.02 Å². The third kappa shape index (κ3) is 2.84. The minimum absolute atomic E-state index is 0.0675. The van der Waals surface area contributed by atoms with Crippen molar-refractivity contribution in [3.63, 3.8) is 0 Å². The number of sulfone groups is 1. The maximum atomic E-state index is 11.7. The van der Waals surface area contributed by atoms with Crippen LogP contribution in [0.1, 0.15) is 0 Å². The summed E-state index contributed by atoms with van der Waals surface area (Å²) in [4.78, 5) is 0.0861. The first-order valence-electron chi connectivity index (χ1n) is 4.27. The molecule has 0 unspecified atom stereocenters. The second-order valence-electron chi connectivity index (χ2n) is 2.90. The highest BCUT2D eigenvalue weighted by Gasteiger charge is 2.18. The number of hydrogen-bond acceptors (Lipinski definition) is 4. The van der Waals surface area contributed by atoms with Gasteiger partial charge in [-0.1, -0.05) is 11.6 Å². The highest BCUT2D eigenvalue weighted by Crippen LogP contribution is 2.27. The van der Waals surface area contributed by atoms with E-state index < -0.39 is 9.84 Å². The molecule has 0 radical (unpaired) electrons. The fourth-order valence-corrected chi connectivity index (χ4v) is 2.69. The fraction of sp³-hybridized carbons (Fsp3) is 0.333. The summed E-state index contributed by atoms with van der Waals surface area (Å²) < 4.78 is 28.4. The van der Waals surface area contributed by atoms with E-state index in [-0.39, 0.29) is 22.9 Å². The van der Waals surface area contributed by atoms with Crippen LogP contribution in [0.3, 0.4) is 0 Å². The standard InChI is InChI=1S/C9H12ClNO3S/c1-14-8-3-2-7(10)6-9(8)15(12,13)5-4-11/h2-3,6H,4-5,11H2,1H3. The largest absolute Gasteiger partial charge is 0.495 e. The molecule has 84 valence electrons. The maximum absolute atomic E-state index is 11.7. The van der Waals surface area contributed by atoms with Crippen molar-refractivity contribution in [3.05, 3.63) is 23.2 Å². The van der Waals surface area contributed by atoms with Crippen molar-refractivity contribution in [2.24, 2.45) is 5.73 Å².